The fraction of sp³-hybridized carbons (Fsp3) is 0.214. The Kier molecular flexibility index (Phi) is 4.02. The zero-order chi connectivity index (χ0) is 16.4. The predicted molar refractivity (Wildman–Crippen MR) is 81.3 cm³/mol. The summed E-state index contributed by atoms with van der Waals surface area (Å²) in [5.41, 5.74) is -0.363. The van der Waals surface area contributed by atoms with Crippen LogP contribution in [0.3, 0.4) is 0 Å². The van der Waals surface area contributed by atoms with Crippen molar-refractivity contribution >= 4 is 17.3 Å². The maximum atomic E-state index is 12.0. The summed E-state index contributed by atoms with van der Waals surface area (Å²) >= 11 is 1.48. The first kappa shape index (κ1) is 15.1. The highest BCUT2D eigenvalue weighted by Crippen LogP contribution is 2.23. The number of methoxy groups -OCH3 is 1. The summed E-state index contributed by atoms with van der Waals surface area (Å²) in [5.74, 6) is 0.0415. The molecule has 8 nitrogen and oxygen atoms in total. The van der Waals surface area contributed by atoms with Crippen molar-refractivity contribution in [1.29, 1.82) is 0 Å². The van der Waals surface area contributed by atoms with E-state index >= 15 is 0 Å². The third-order valence-corrected chi connectivity index (χ3v) is 3.99. The normalized spacial score (nSPS) is 12.1. The SMILES string of the molecule is COC(=O)c1ccc(=O)n(C(C)c2nc(-c3cccs3)no2)n1. The summed E-state index contributed by atoms with van der Waals surface area (Å²) < 4.78 is 10.9. The summed E-state index contributed by atoms with van der Waals surface area (Å²) in [6.07, 6.45) is 0. The third kappa shape index (κ3) is 2.90. The Bertz CT molecular complexity index is 884. The molecular weight excluding hydrogens is 320 g/mol. The summed E-state index contributed by atoms with van der Waals surface area (Å²) in [4.78, 5) is 28.7. The molecule has 0 N–H and O–H groups in total. The van der Waals surface area contributed by atoms with Crippen LogP contribution in [0, 0.1) is 0 Å². The molecule has 0 saturated heterocycles. The number of carbonyl (C=O) groups is 1. The second-order valence-corrected chi connectivity index (χ2v) is 5.55. The van der Waals surface area contributed by atoms with E-state index in [1.807, 2.05) is 17.5 Å². The van der Waals surface area contributed by atoms with Gasteiger partial charge in [0.05, 0.1) is 12.0 Å². The highest BCUT2D eigenvalue weighted by molar-refractivity contribution is 7.13. The van der Waals surface area contributed by atoms with E-state index in [1.54, 1.807) is 6.92 Å². The van der Waals surface area contributed by atoms with Crippen LogP contribution in [-0.4, -0.2) is 33.0 Å². The molecule has 3 rings (SSSR count). The minimum atomic E-state index is -0.629. The van der Waals surface area contributed by atoms with E-state index in [9.17, 15) is 9.59 Å². The number of rotatable bonds is 4. The molecule has 0 spiro atoms. The van der Waals surface area contributed by atoms with Crippen molar-refractivity contribution in [1.82, 2.24) is 19.9 Å². The number of aromatic nitrogens is 4. The quantitative estimate of drug-likeness (QED) is 0.671. The van der Waals surface area contributed by atoms with Gasteiger partial charge in [-0.15, -0.1) is 11.3 Å². The topological polar surface area (TPSA) is 100 Å². The van der Waals surface area contributed by atoms with Gasteiger partial charge >= 0.3 is 5.97 Å². The first-order valence-corrected chi connectivity index (χ1v) is 7.54. The van der Waals surface area contributed by atoms with Crippen molar-refractivity contribution in [3.05, 3.63) is 51.6 Å². The highest BCUT2D eigenvalue weighted by atomic mass is 32.1. The number of ether oxygens (including phenoxy) is 1. The fourth-order valence-electron chi connectivity index (χ4n) is 1.93. The molecule has 23 heavy (non-hydrogen) atoms. The van der Waals surface area contributed by atoms with Gasteiger partial charge in [-0.2, -0.15) is 10.1 Å². The van der Waals surface area contributed by atoms with Gasteiger partial charge < -0.3 is 9.26 Å². The van der Waals surface area contributed by atoms with Gasteiger partial charge in [0.1, 0.15) is 6.04 Å². The molecule has 0 aliphatic heterocycles. The van der Waals surface area contributed by atoms with Crippen LogP contribution in [0.5, 0.6) is 0 Å². The Morgan fingerprint density at radius 2 is 2.22 bits per heavy atom. The minimum Gasteiger partial charge on any atom is -0.464 e. The van der Waals surface area contributed by atoms with Gasteiger partial charge in [-0.3, -0.25) is 4.79 Å². The number of thiophene rings is 1. The standard InChI is InChI=1S/C14H12N4O4S/c1-8(13-15-12(17-22-13)10-4-3-7-23-10)18-11(19)6-5-9(16-18)14(20)21-2/h3-8H,1-2H3. The van der Waals surface area contributed by atoms with Gasteiger partial charge in [-0.05, 0) is 24.4 Å². The van der Waals surface area contributed by atoms with E-state index in [0.717, 1.165) is 9.56 Å². The fourth-order valence-corrected chi connectivity index (χ4v) is 2.58. The van der Waals surface area contributed by atoms with E-state index in [-0.39, 0.29) is 17.1 Å². The average Bonchev–Trinajstić information content (AvgIpc) is 3.24. The summed E-state index contributed by atoms with van der Waals surface area (Å²) in [5, 5.41) is 9.80. The van der Waals surface area contributed by atoms with Crippen LogP contribution in [0.25, 0.3) is 10.7 Å². The maximum absolute atomic E-state index is 12.0. The molecule has 0 fully saturated rings. The molecule has 1 unspecified atom stereocenters. The van der Waals surface area contributed by atoms with Crippen LogP contribution < -0.4 is 5.56 Å². The zero-order valence-corrected chi connectivity index (χ0v) is 13.1. The first-order valence-electron chi connectivity index (χ1n) is 6.66. The van der Waals surface area contributed by atoms with Crippen molar-refractivity contribution in [2.24, 2.45) is 0 Å². The highest BCUT2D eigenvalue weighted by Gasteiger charge is 2.20. The van der Waals surface area contributed by atoms with Gasteiger partial charge in [0.15, 0.2) is 5.69 Å². The second kappa shape index (κ2) is 6.13. The van der Waals surface area contributed by atoms with E-state index < -0.39 is 12.0 Å². The number of hydrogen-bond acceptors (Lipinski definition) is 8. The Hall–Kier alpha value is -2.81. The lowest BCUT2D eigenvalue weighted by Gasteiger charge is -2.10. The molecule has 3 aromatic rings. The molecule has 0 bridgehead atoms. The molecule has 3 heterocycles. The monoisotopic (exact) mass is 332 g/mol. The van der Waals surface area contributed by atoms with Crippen molar-refractivity contribution in [2.45, 2.75) is 13.0 Å². The summed E-state index contributed by atoms with van der Waals surface area (Å²) in [7, 11) is 1.24. The van der Waals surface area contributed by atoms with Crippen molar-refractivity contribution in [3.8, 4) is 10.7 Å². The molecule has 0 saturated carbocycles. The van der Waals surface area contributed by atoms with Crippen LogP contribution in [0.15, 0.2) is 39.0 Å². The Morgan fingerprint density at radius 3 is 2.91 bits per heavy atom. The molecule has 118 valence electrons. The Balaban J connectivity index is 1.95. The van der Waals surface area contributed by atoms with E-state index in [4.69, 9.17) is 4.52 Å². The van der Waals surface area contributed by atoms with Crippen LogP contribution >= 0.6 is 11.3 Å². The van der Waals surface area contributed by atoms with Crippen LogP contribution in [0.4, 0.5) is 0 Å². The van der Waals surface area contributed by atoms with E-state index in [0.29, 0.717) is 5.82 Å². The smallest absolute Gasteiger partial charge is 0.358 e. The molecule has 0 amide bonds. The molecule has 3 aromatic heterocycles. The van der Waals surface area contributed by atoms with Gasteiger partial charge in [0, 0.05) is 6.07 Å². The van der Waals surface area contributed by atoms with E-state index in [1.165, 1.54) is 30.6 Å². The zero-order valence-electron chi connectivity index (χ0n) is 12.3. The maximum Gasteiger partial charge on any atom is 0.358 e. The van der Waals surface area contributed by atoms with Crippen molar-refractivity contribution in [2.75, 3.05) is 7.11 Å². The van der Waals surface area contributed by atoms with Crippen LogP contribution in [0.1, 0.15) is 29.3 Å². The predicted octanol–water partition coefficient (Wildman–Crippen LogP) is 1.75. The lowest BCUT2D eigenvalue weighted by atomic mass is 10.3. The molecule has 0 radical (unpaired) electrons. The lowest BCUT2D eigenvalue weighted by molar-refractivity contribution is 0.0590. The molecule has 0 aliphatic carbocycles. The van der Waals surface area contributed by atoms with Gasteiger partial charge in [-0.25, -0.2) is 9.48 Å². The number of esters is 1. The van der Waals surface area contributed by atoms with Crippen LogP contribution in [-0.2, 0) is 4.74 Å². The molecule has 9 heteroatoms. The number of carbonyl (C=O) groups excluding carboxylic acids is 1. The molecular formula is C14H12N4O4S. The number of nitrogens with zero attached hydrogens (tertiary/aromatic N) is 4. The Labute approximate surface area is 134 Å². The molecule has 0 aliphatic rings. The van der Waals surface area contributed by atoms with Gasteiger partial charge in [-0.1, -0.05) is 11.2 Å². The average molecular weight is 332 g/mol. The molecule has 1 atom stereocenters. The van der Waals surface area contributed by atoms with Gasteiger partial charge in [0.2, 0.25) is 5.82 Å². The summed E-state index contributed by atoms with van der Waals surface area (Å²) in [6, 6.07) is 5.68. The largest absolute Gasteiger partial charge is 0.464 e. The number of hydrogen-bond donors (Lipinski definition) is 0. The van der Waals surface area contributed by atoms with Gasteiger partial charge in [0.25, 0.3) is 11.4 Å². The minimum absolute atomic E-state index is 0.0249. The second-order valence-electron chi connectivity index (χ2n) is 4.60. The lowest BCUT2D eigenvalue weighted by Crippen LogP contribution is -2.28. The van der Waals surface area contributed by atoms with Crippen molar-refractivity contribution < 1.29 is 14.1 Å². The van der Waals surface area contributed by atoms with Crippen molar-refractivity contribution in [3.63, 3.8) is 0 Å². The van der Waals surface area contributed by atoms with E-state index in [2.05, 4.69) is 20.0 Å². The third-order valence-electron chi connectivity index (χ3n) is 3.13. The Morgan fingerprint density at radius 1 is 1.39 bits per heavy atom. The van der Waals surface area contributed by atoms with Crippen LogP contribution in [0.2, 0.25) is 0 Å². The molecule has 0 aromatic carbocycles. The summed E-state index contributed by atoms with van der Waals surface area (Å²) in [6.45, 7) is 1.68. The first-order chi connectivity index (χ1) is 11.1.